The third-order valence-electron chi connectivity index (χ3n) is 6.76. The maximum Gasteiger partial charge on any atom is 0.315 e. The van der Waals surface area contributed by atoms with Gasteiger partial charge in [-0.25, -0.2) is 4.79 Å². The van der Waals surface area contributed by atoms with E-state index in [1.54, 1.807) is 0 Å². The number of thioether (sulfide) groups is 1. The van der Waals surface area contributed by atoms with Crippen LogP contribution in [-0.4, -0.2) is 52.1 Å². The Labute approximate surface area is 238 Å². The average molecular weight is 561 g/mol. The van der Waals surface area contributed by atoms with Gasteiger partial charge in [0, 0.05) is 23.8 Å². The van der Waals surface area contributed by atoms with Crippen LogP contribution >= 0.6 is 11.8 Å². The Kier molecular flexibility index (Phi) is 17.1. The second-order valence-electron chi connectivity index (χ2n) is 10.1. The van der Waals surface area contributed by atoms with E-state index in [2.05, 4.69) is 58.8 Å². The monoisotopic (exact) mass is 560 g/mol. The zero-order valence-corrected chi connectivity index (χ0v) is 24.2. The smallest absolute Gasteiger partial charge is 0.315 e. The standard InChI is InChI=1S/C30H48N4O4S/c1-2-3-13-18-24(35)19-14-11-9-7-5-4-6-8-10-12-15-21-27(36)33-34-28(37)22-17-16-20-26-29-25(23-39-26)31-30(38)32-29/h4-5,8-11,14,19,24-26,29,35H,2-3,6-7,12-13,15-18,20-23H2,1H3,(H,33,36)(H,34,37)(H2,31,32,38). The molecule has 0 bridgehead atoms. The van der Waals surface area contributed by atoms with Crippen LogP contribution in [0.15, 0.2) is 48.6 Å². The fourth-order valence-corrected chi connectivity index (χ4v) is 6.08. The number of allylic oxidation sites excluding steroid dienone is 7. The predicted molar refractivity (Wildman–Crippen MR) is 160 cm³/mol. The molecule has 2 aliphatic rings. The number of rotatable bonds is 19. The summed E-state index contributed by atoms with van der Waals surface area (Å²) in [5.41, 5.74) is 5.00. The molecule has 4 atom stereocenters. The van der Waals surface area contributed by atoms with E-state index in [-0.39, 0.29) is 36.0 Å². The first-order valence-corrected chi connectivity index (χ1v) is 15.6. The zero-order chi connectivity index (χ0) is 28.1. The van der Waals surface area contributed by atoms with Gasteiger partial charge in [0.25, 0.3) is 0 Å². The van der Waals surface area contributed by atoms with Crippen molar-refractivity contribution >= 4 is 29.6 Å². The van der Waals surface area contributed by atoms with Crippen molar-refractivity contribution in [2.75, 3.05) is 5.75 Å². The lowest BCUT2D eigenvalue weighted by molar-refractivity contribution is -0.129. The van der Waals surface area contributed by atoms with Crippen LogP contribution in [0, 0.1) is 0 Å². The molecule has 2 rings (SSSR count). The largest absolute Gasteiger partial charge is 0.389 e. The molecule has 0 spiro atoms. The molecule has 39 heavy (non-hydrogen) atoms. The molecule has 8 nitrogen and oxygen atoms in total. The number of hydrazine groups is 1. The summed E-state index contributed by atoms with van der Waals surface area (Å²) in [6.07, 6.45) is 26.7. The van der Waals surface area contributed by atoms with Crippen LogP contribution in [0.3, 0.4) is 0 Å². The van der Waals surface area contributed by atoms with Crippen LogP contribution < -0.4 is 21.5 Å². The number of aliphatic hydroxyl groups is 1. The predicted octanol–water partition coefficient (Wildman–Crippen LogP) is 4.98. The van der Waals surface area contributed by atoms with Crippen LogP contribution in [0.4, 0.5) is 4.79 Å². The van der Waals surface area contributed by atoms with Crippen molar-refractivity contribution in [1.82, 2.24) is 21.5 Å². The highest BCUT2D eigenvalue weighted by atomic mass is 32.2. The van der Waals surface area contributed by atoms with Gasteiger partial charge in [-0.05, 0) is 44.9 Å². The maximum absolute atomic E-state index is 12.0. The Morgan fingerprint density at radius 2 is 1.67 bits per heavy atom. The first-order valence-electron chi connectivity index (χ1n) is 14.6. The Bertz CT molecular complexity index is 858. The van der Waals surface area contributed by atoms with Crippen molar-refractivity contribution in [3.63, 3.8) is 0 Å². The first kappa shape index (κ1) is 32.7. The Hall–Kier alpha value is -2.52. The highest BCUT2D eigenvalue weighted by molar-refractivity contribution is 8.00. The van der Waals surface area contributed by atoms with Gasteiger partial charge in [-0.15, -0.1) is 0 Å². The molecule has 218 valence electrons. The minimum atomic E-state index is -0.348. The fourth-order valence-electron chi connectivity index (χ4n) is 4.53. The molecule has 2 saturated heterocycles. The number of fused-ring (bicyclic) bond motifs is 1. The number of hydrogen-bond donors (Lipinski definition) is 5. The molecule has 2 fully saturated rings. The molecule has 0 aromatic rings. The summed E-state index contributed by atoms with van der Waals surface area (Å²) >= 11 is 1.88. The van der Waals surface area contributed by atoms with Crippen molar-refractivity contribution in [2.45, 2.75) is 114 Å². The van der Waals surface area contributed by atoms with Crippen LogP contribution in [-0.2, 0) is 9.59 Å². The minimum Gasteiger partial charge on any atom is -0.389 e. The summed E-state index contributed by atoms with van der Waals surface area (Å²) in [7, 11) is 0. The molecule has 0 aromatic heterocycles. The van der Waals surface area contributed by atoms with E-state index in [0.29, 0.717) is 18.1 Å². The molecule has 4 amide bonds. The van der Waals surface area contributed by atoms with E-state index in [9.17, 15) is 19.5 Å². The van der Waals surface area contributed by atoms with Gasteiger partial charge in [-0.1, -0.05) is 81.2 Å². The molecule has 0 radical (unpaired) electrons. The fraction of sp³-hybridized carbons (Fsp3) is 0.633. The normalized spacial score (nSPS) is 21.6. The number of carbonyl (C=O) groups is 3. The van der Waals surface area contributed by atoms with Crippen molar-refractivity contribution in [1.29, 1.82) is 0 Å². The summed E-state index contributed by atoms with van der Waals surface area (Å²) in [6, 6.07) is 0.350. The SMILES string of the molecule is CCCCCC(O)C=CC=CCC=CCC=CCCCC(=O)NNC(=O)CCCCC1SCC2NC(=O)NC21. The molecule has 2 heterocycles. The highest BCUT2D eigenvalue weighted by Gasteiger charge is 2.42. The molecular formula is C30H48N4O4S. The van der Waals surface area contributed by atoms with E-state index in [1.807, 2.05) is 30.0 Å². The Balaban J connectivity index is 1.39. The summed E-state index contributed by atoms with van der Waals surface area (Å²) in [6.45, 7) is 2.16. The van der Waals surface area contributed by atoms with Gasteiger partial charge in [0.2, 0.25) is 11.8 Å². The number of aliphatic hydroxyl groups excluding tert-OH is 1. The van der Waals surface area contributed by atoms with Crippen molar-refractivity contribution in [3.05, 3.63) is 48.6 Å². The molecule has 4 unspecified atom stereocenters. The lowest BCUT2D eigenvalue weighted by Crippen LogP contribution is -2.41. The van der Waals surface area contributed by atoms with Crippen LogP contribution in [0.1, 0.15) is 90.4 Å². The van der Waals surface area contributed by atoms with Gasteiger partial charge in [-0.3, -0.25) is 20.4 Å². The molecular weight excluding hydrogens is 512 g/mol. The molecule has 0 saturated carbocycles. The molecule has 0 aromatic carbocycles. The van der Waals surface area contributed by atoms with E-state index in [4.69, 9.17) is 0 Å². The van der Waals surface area contributed by atoms with Gasteiger partial charge in [0.1, 0.15) is 0 Å². The molecule has 2 aliphatic heterocycles. The number of amides is 4. The van der Waals surface area contributed by atoms with E-state index >= 15 is 0 Å². The third kappa shape index (κ3) is 15.0. The van der Waals surface area contributed by atoms with E-state index < -0.39 is 0 Å². The second-order valence-corrected chi connectivity index (χ2v) is 11.4. The maximum atomic E-state index is 12.0. The molecule has 5 N–H and O–H groups in total. The lowest BCUT2D eigenvalue weighted by atomic mass is 10.0. The number of hydrogen-bond acceptors (Lipinski definition) is 5. The van der Waals surface area contributed by atoms with Crippen LogP contribution in [0.25, 0.3) is 0 Å². The number of nitrogens with one attached hydrogen (secondary N) is 4. The van der Waals surface area contributed by atoms with Crippen molar-refractivity contribution in [3.8, 4) is 0 Å². The van der Waals surface area contributed by atoms with Crippen molar-refractivity contribution < 1.29 is 19.5 Å². The van der Waals surface area contributed by atoms with Gasteiger partial charge in [0.05, 0.1) is 18.2 Å². The first-order chi connectivity index (χ1) is 19.0. The Morgan fingerprint density at radius 1 is 0.949 bits per heavy atom. The van der Waals surface area contributed by atoms with E-state index in [1.165, 1.54) is 12.8 Å². The average Bonchev–Trinajstić information content (AvgIpc) is 3.47. The van der Waals surface area contributed by atoms with Crippen LogP contribution in [0.5, 0.6) is 0 Å². The van der Waals surface area contributed by atoms with Gasteiger partial charge >= 0.3 is 6.03 Å². The second kappa shape index (κ2) is 20.4. The van der Waals surface area contributed by atoms with Crippen LogP contribution in [0.2, 0.25) is 0 Å². The van der Waals surface area contributed by atoms with E-state index in [0.717, 1.165) is 63.5 Å². The van der Waals surface area contributed by atoms with Gasteiger partial charge < -0.3 is 15.7 Å². The molecule has 0 aliphatic carbocycles. The number of urea groups is 1. The summed E-state index contributed by atoms with van der Waals surface area (Å²) in [5.74, 6) is 0.591. The Morgan fingerprint density at radius 3 is 2.44 bits per heavy atom. The summed E-state index contributed by atoms with van der Waals surface area (Å²) in [4.78, 5) is 35.3. The topological polar surface area (TPSA) is 120 Å². The summed E-state index contributed by atoms with van der Waals surface area (Å²) in [5, 5.41) is 16.1. The molecule has 9 heteroatoms. The lowest BCUT2D eigenvalue weighted by Gasteiger charge is -2.16. The highest BCUT2D eigenvalue weighted by Crippen LogP contribution is 2.33. The summed E-state index contributed by atoms with van der Waals surface area (Å²) < 4.78 is 0. The van der Waals surface area contributed by atoms with Gasteiger partial charge in [-0.2, -0.15) is 11.8 Å². The number of unbranched alkanes of at least 4 members (excludes halogenated alkanes) is 4. The van der Waals surface area contributed by atoms with Crippen molar-refractivity contribution in [2.24, 2.45) is 0 Å². The number of carbonyl (C=O) groups excluding carboxylic acids is 3. The minimum absolute atomic E-state index is 0.0756. The van der Waals surface area contributed by atoms with Gasteiger partial charge in [0.15, 0.2) is 0 Å². The zero-order valence-electron chi connectivity index (χ0n) is 23.4. The third-order valence-corrected chi connectivity index (χ3v) is 8.27. The quantitative estimate of drug-likeness (QED) is 0.0502.